The molecule has 0 radical (unpaired) electrons. The molecule has 1 fully saturated rings. The maximum atomic E-state index is 11.4. The summed E-state index contributed by atoms with van der Waals surface area (Å²) < 4.78 is 11.1. The summed E-state index contributed by atoms with van der Waals surface area (Å²) in [5.41, 5.74) is 6.55. The molecule has 1 saturated heterocycles. The van der Waals surface area contributed by atoms with E-state index in [0.29, 0.717) is 13.2 Å². The topological polar surface area (TPSA) is 64.8 Å². The minimum atomic E-state index is -0.227. The van der Waals surface area contributed by atoms with Crippen LogP contribution < -0.4 is 15.2 Å². The van der Waals surface area contributed by atoms with Crippen molar-refractivity contribution in [3.05, 3.63) is 23.8 Å². The van der Waals surface area contributed by atoms with E-state index in [9.17, 15) is 4.79 Å². The van der Waals surface area contributed by atoms with Gasteiger partial charge in [-0.25, -0.2) is 0 Å². The molecule has 2 aliphatic rings. The Kier molecular flexibility index (Phi) is 3.29. The highest BCUT2D eigenvalue weighted by atomic mass is 16.6. The van der Waals surface area contributed by atoms with Crippen LogP contribution in [0.2, 0.25) is 0 Å². The molecule has 1 aromatic rings. The summed E-state index contributed by atoms with van der Waals surface area (Å²) in [6.07, 6.45) is 1.89. The van der Waals surface area contributed by atoms with Gasteiger partial charge < -0.3 is 15.2 Å². The van der Waals surface area contributed by atoms with Crippen molar-refractivity contribution in [3.63, 3.8) is 0 Å². The quantitative estimate of drug-likeness (QED) is 0.879. The average molecular weight is 262 g/mol. The minimum absolute atomic E-state index is 0.131. The van der Waals surface area contributed by atoms with Gasteiger partial charge in [-0.2, -0.15) is 0 Å². The van der Waals surface area contributed by atoms with Crippen molar-refractivity contribution < 1.29 is 14.3 Å². The Morgan fingerprint density at radius 1 is 1.32 bits per heavy atom. The Hall–Kier alpha value is -1.75. The molecule has 0 saturated carbocycles. The number of likely N-dealkylation sites (tertiary alicyclic amines) is 1. The number of carbonyl (C=O) groups excluding carboxylic acids is 1. The third-order valence-electron chi connectivity index (χ3n) is 3.68. The number of nitrogens with zero attached hydrogens (tertiary/aromatic N) is 1. The van der Waals surface area contributed by atoms with Gasteiger partial charge in [0, 0.05) is 6.54 Å². The number of fused-ring (bicyclic) bond motifs is 1. The van der Waals surface area contributed by atoms with Crippen molar-refractivity contribution in [1.82, 2.24) is 4.90 Å². The van der Waals surface area contributed by atoms with Gasteiger partial charge in [-0.15, -0.1) is 0 Å². The Balaban J connectivity index is 1.74. The fraction of sp³-hybridized carbons (Fsp3) is 0.500. The average Bonchev–Trinajstić information content (AvgIpc) is 2.87. The molecule has 2 N–H and O–H groups in total. The Labute approximate surface area is 112 Å². The van der Waals surface area contributed by atoms with E-state index < -0.39 is 0 Å². The highest BCUT2D eigenvalue weighted by Crippen LogP contribution is 2.31. The van der Waals surface area contributed by atoms with E-state index in [1.54, 1.807) is 0 Å². The molecule has 0 aliphatic carbocycles. The predicted molar refractivity (Wildman–Crippen MR) is 70.1 cm³/mol. The number of ether oxygens (including phenoxy) is 2. The number of carbonyl (C=O) groups is 1. The lowest BCUT2D eigenvalue weighted by atomic mass is 10.1. The van der Waals surface area contributed by atoms with Crippen molar-refractivity contribution in [2.45, 2.75) is 25.4 Å². The molecule has 3 rings (SSSR count). The van der Waals surface area contributed by atoms with Gasteiger partial charge in [-0.3, -0.25) is 9.69 Å². The summed E-state index contributed by atoms with van der Waals surface area (Å²) in [5, 5.41) is 0. The van der Waals surface area contributed by atoms with Crippen molar-refractivity contribution in [1.29, 1.82) is 0 Å². The third kappa shape index (κ3) is 2.51. The zero-order valence-electron chi connectivity index (χ0n) is 10.8. The van der Waals surface area contributed by atoms with Crippen LogP contribution in [0.5, 0.6) is 11.5 Å². The van der Waals surface area contributed by atoms with Crippen LogP contribution in [0.1, 0.15) is 18.4 Å². The first-order valence-electron chi connectivity index (χ1n) is 6.66. The lowest BCUT2D eigenvalue weighted by Crippen LogP contribution is -2.39. The maximum Gasteiger partial charge on any atom is 0.234 e. The van der Waals surface area contributed by atoms with E-state index >= 15 is 0 Å². The van der Waals surface area contributed by atoms with E-state index in [2.05, 4.69) is 4.90 Å². The highest BCUT2D eigenvalue weighted by molar-refractivity contribution is 5.80. The normalized spacial score (nSPS) is 22.4. The predicted octanol–water partition coefficient (Wildman–Crippen LogP) is 0.907. The summed E-state index contributed by atoms with van der Waals surface area (Å²) in [6, 6.07) is 5.81. The number of nitrogens with two attached hydrogens (primary N) is 1. The van der Waals surface area contributed by atoms with Crippen molar-refractivity contribution >= 4 is 5.91 Å². The molecule has 19 heavy (non-hydrogen) atoms. The van der Waals surface area contributed by atoms with E-state index in [0.717, 1.165) is 43.0 Å². The smallest absolute Gasteiger partial charge is 0.234 e. The van der Waals surface area contributed by atoms with Crippen LogP contribution in [0.3, 0.4) is 0 Å². The van der Waals surface area contributed by atoms with Crippen LogP contribution in [0.15, 0.2) is 18.2 Å². The second-order valence-electron chi connectivity index (χ2n) is 5.01. The first-order chi connectivity index (χ1) is 9.24. The number of hydrogen-bond acceptors (Lipinski definition) is 4. The highest BCUT2D eigenvalue weighted by Gasteiger charge is 2.29. The van der Waals surface area contributed by atoms with Crippen LogP contribution in [0, 0.1) is 0 Å². The van der Waals surface area contributed by atoms with Crippen LogP contribution in [-0.2, 0) is 11.3 Å². The lowest BCUT2D eigenvalue weighted by Gasteiger charge is -2.23. The molecule has 5 heteroatoms. The lowest BCUT2D eigenvalue weighted by molar-refractivity contribution is -0.122. The zero-order chi connectivity index (χ0) is 13.2. The molecule has 1 atom stereocenters. The molecule has 0 spiro atoms. The minimum Gasteiger partial charge on any atom is -0.486 e. The van der Waals surface area contributed by atoms with E-state index in [-0.39, 0.29) is 11.9 Å². The molecule has 0 bridgehead atoms. The molecular formula is C14H18N2O3. The molecule has 0 aromatic heterocycles. The van der Waals surface area contributed by atoms with E-state index in [1.165, 1.54) is 0 Å². The van der Waals surface area contributed by atoms with Gasteiger partial charge in [0.25, 0.3) is 0 Å². The van der Waals surface area contributed by atoms with Crippen LogP contribution in [-0.4, -0.2) is 36.6 Å². The van der Waals surface area contributed by atoms with Gasteiger partial charge in [-0.1, -0.05) is 6.07 Å². The SMILES string of the molecule is NC(=O)[C@@H]1CCCN1Cc1ccc2c(c1)OCCO2. The monoisotopic (exact) mass is 262 g/mol. The van der Waals surface area contributed by atoms with Gasteiger partial charge >= 0.3 is 0 Å². The molecule has 1 aromatic carbocycles. The molecule has 1 amide bonds. The van der Waals surface area contributed by atoms with Gasteiger partial charge in [0.2, 0.25) is 5.91 Å². The van der Waals surface area contributed by atoms with Crippen LogP contribution in [0.4, 0.5) is 0 Å². The van der Waals surface area contributed by atoms with Crippen molar-refractivity contribution in [2.75, 3.05) is 19.8 Å². The molecule has 0 unspecified atom stereocenters. The first-order valence-corrected chi connectivity index (χ1v) is 6.66. The van der Waals surface area contributed by atoms with Gasteiger partial charge in [0.1, 0.15) is 13.2 Å². The number of hydrogen-bond donors (Lipinski definition) is 1. The summed E-state index contributed by atoms with van der Waals surface area (Å²) in [4.78, 5) is 13.5. The van der Waals surface area contributed by atoms with Gasteiger partial charge in [0.05, 0.1) is 6.04 Å². The van der Waals surface area contributed by atoms with Crippen molar-refractivity contribution in [3.8, 4) is 11.5 Å². The number of rotatable bonds is 3. The Morgan fingerprint density at radius 3 is 2.89 bits per heavy atom. The van der Waals surface area contributed by atoms with Crippen LogP contribution >= 0.6 is 0 Å². The summed E-state index contributed by atoms with van der Waals surface area (Å²) in [6.45, 7) is 2.83. The largest absolute Gasteiger partial charge is 0.486 e. The molecule has 102 valence electrons. The number of primary amides is 1. The Bertz CT molecular complexity index is 490. The fourth-order valence-corrected chi connectivity index (χ4v) is 2.76. The zero-order valence-corrected chi connectivity index (χ0v) is 10.8. The third-order valence-corrected chi connectivity index (χ3v) is 3.68. The molecule has 2 aliphatic heterocycles. The second-order valence-corrected chi connectivity index (χ2v) is 5.01. The Morgan fingerprint density at radius 2 is 2.11 bits per heavy atom. The van der Waals surface area contributed by atoms with Gasteiger partial charge in [-0.05, 0) is 37.1 Å². The standard InChI is InChI=1S/C14H18N2O3/c15-14(17)11-2-1-5-16(11)9-10-3-4-12-13(8-10)19-7-6-18-12/h3-4,8,11H,1-2,5-7,9H2,(H2,15,17)/t11-/m0/s1. The number of benzene rings is 1. The molecular weight excluding hydrogens is 244 g/mol. The summed E-state index contributed by atoms with van der Waals surface area (Å²) >= 11 is 0. The van der Waals surface area contributed by atoms with E-state index in [4.69, 9.17) is 15.2 Å². The van der Waals surface area contributed by atoms with Crippen molar-refractivity contribution in [2.24, 2.45) is 5.73 Å². The molecule has 5 nitrogen and oxygen atoms in total. The number of amides is 1. The maximum absolute atomic E-state index is 11.4. The summed E-state index contributed by atoms with van der Waals surface area (Å²) in [5.74, 6) is 1.36. The second kappa shape index (κ2) is 5.09. The molecule has 2 heterocycles. The van der Waals surface area contributed by atoms with Crippen LogP contribution in [0.25, 0.3) is 0 Å². The van der Waals surface area contributed by atoms with E-state index in [1.807, 2.05) is 18.2 Å². The first kappa shape index (κ1) is 12.3. The fourth-order valence-electron chi connectivity index (χ4n) is 2.76. The van der Waals surface area contributed by atoms with Gasteiger partial charge in [0.15, 0.2) is 11.5 Å². The summed E-state index contributed by atoms with van der Waals surface area (Å²) in [7, 11) is 0.